The molecule has 0 radical (unpaired) electrons. The Balaban J connectivity index is 0. The van der Waals surface area contributed by atoms with Gasteiger partial charge in [-0.2, -0.15) is 0 Å². The van der Waals surface area contributed by atoms with Crippen LogP contribution in [0.4, 0.5) is 13.2 Å². The Labute approximate surface area is 109 Å². The summed E-state index contributed by atoms with van der Waals surface area (Å²) in [6.45, 7) is 3.41. The second-order valence-electron chi connectivity index (χ2n) is 3.06. The summed E-state index contributed by atoms with van der Waals surface area (Å²) in [4.78, 5) is 0. The summed E-state index contributed by atoms with van der Waals surface area (Å²) in [7, 11) is 1.64. The molecule has 2 unspecified atom stereocenters. The van der Waals surface area contributed by atoms with Crippen LogP contribution < -0.4 is 21.5 Å². The largest absolute Gasteiger partial charge is 0 e. The van der Waals surface area contributed by atoms with E-state index in [1.54, 1.807) is 10.2 Å². The number of nitrogens with zero attached hydrogens (tertiary/aromatic N) is 1. The van der Waals surface area contributed by atoms with Crippen LogP contribution in [-0.4, -0.2) is 38.0 Å². The standard InChI is InChI=1S/C8H16F3INO.Ni/c1-4-5-12-13(3)6(2)7(14)8(9,10)11;/h6-7,14H,4-5H2,1-3H3;/q-1;. The summed E-state index contributed by atoms with van der Waals surface area (Å²) in [5.41, 5.74) is 0. The first-order valence-corrected chi connectivity index (χ1v) is 6.86. The van der Waals surface area contributed by atoms with Crippen LogP contribution >= 0.6 is 0 Å². The molecule has 0 aliphatic rings. The van der Waals surface area contributed by atoms with Gasteiger partial charge in [0.1, 0.15) is 0 Å². The van der Waals surface area contributed by atoms with Crippen LogP contribution in [0.1, 0.15) is 20.3 Å². The molecule has 0 aromatic carbocycles. The minimum absolute atomic E-state index is 0. The van der Waals surface area contributed by atoms with E-state index < -0.39 is 18.3 Å². The van der Waals surface area contributed by atoms with Crippen LogP contribution in [0, 0.1) is 0 Å². The van der Waals surface area contributed by atoms with E-state index in [4.69, 9.17) is 5.11 Å². The molecule has 0 spiro atoms. The smallest absolute Gasteiger partial charge is 0 e. The number of halogens is 4. The van der Waals surface area contributed by atoms with Gasteiger partial charge in [-0.1, -0.05) is 0 Å². The number of hydrogen-bond acceptors (Lipinski definition) is 2. The summed E-state index contributed by atoms with van der Waals surface area (Å²) < 4.78 is 38.9. The number of aliphatic hydroxyl groups is 1. The van der Waals surface area contributed by atoms with E-state index in [1.807, 2.05) is 6.92 Å². The quantitative estimate of drug-likeness (QED) is 0.274. The Morgan fingerprint density at radius 1 is 1.40 bits per heavy atom. The molecule has 0 aliphatic heterocycles. The van der Waals surface area contributed by atoms with Gasteiger partial charge in [0.15, 0.2) is 0 Å². The maximum atomic E-state index is 12.1. The van der Waals surface area contributed by atoms with Gasteiger partial charge in [-0.15, -0.1) is 0 Å². The fourth-order valence-electron chi connectivity index (χ4n) is 0.795. The second kappa shape index (κ2) is 8.09. The fourth-order valence-corrected chi connectivity index (χ4v) is 2.96. The van der Waals surface area contributed by atoms with Gasteiger partial charge in [0, 0.05) is 16.5 Å². The molecule has 15 heavy (non-hydrogen) atoms. The number of alkyl halides is 4. The molecule has 98 valence electrons. The molecule has 0 saturated heterocycles. The zero-order valence-electron chi connectivity index (χ0n) is 8.79. The van der Waals surface area contributed by atoms with E-state index in [-0.39, 0.29) is 38.0 Å². The van der Waals surface area contributed by atoms with E-state index in [0.717, 1.165) is 10.8 Å². The number of aliphatic hydroxyl groups excluding tert-OH is 1. The fraction of sp³-hybridized carbons (Fsp3) is 1.00. The average Bonchev–Trinajstić information content (AvgIpc) is 2.10. The van der Waals surface area contributed by atoms with Gasteiger partial charge >= 0.3 is 92.9 Å². The van der Waals surface area contributed by atoms with Gasteiger partial charge in [-0.05, 0) is 0 Å². The molecule has 1 N–H and O–H groups in total. The Morgan fingerprint density at radius 3 is 2.20 bits per heavy atom. The summed E-state index contributed by atoms with van der Waals surface area (Å²) in [6.07, 6.45) is -5.76. The second-order valence-corrected chi connectivity index (χ2v) is 6.34. The van der Waals surface area contributed by atoms with Gasteiger partial charge in [0.05, 0.1) is 0 Å². The molecule has 0 aromatic heterocycles. The average molecular weight is 385 g/mol. The van der Waals surface area contributed by atoms with E-state index in [0.29, 0.717) is 0 Å². The van der Waals surface area contributed by atoms with Crippen molar-refractivity contribution in [1.29, 1.82) is 0 Å². The zero-order chi connectivity index (χ0) is 11.4. The molecule has 0 fully saturated rings. The van der Waals surface area contributed by atoms with Crippen molar-refractivity contribution >= 4 is 0 Å². The maximum absolute atomic E-state index is 12.1. The van der Waals surface area contributed by atoms with Crippen LogP contribution in [0.5, 0.6) is 0 Å². The van der Waals surface area contributed by atoms with Crippen LogP contribution in [0.2, 0.25) is 0 Å². The number of hydrogen-bond donors (Lipinski definition) is 1. The third kappa shape index (κ3) is 6.97. The van der Waals surface area contributed by atoms with Crippen molar-refractivity contribution in [1.82, 2.24) is 3.11 Å². The summed E-state index contributed by atoms with van der Waals surface area (Å²) in [6, 6.07) is -0.839. The molecule has 0 aliphatic carbocycles. The normalized spacial score (nSPS) is 16.3. The molecule has 7 heteroatoms. The third-order valence-corrected chi connectivity index (χ3v) is 5.33. The molecule has 2 nitrogen and oxygen atoms in total. The molecule has 0 amide bonds. The Kier molecular flexibility index (Phi) is 9.87. The van der Waals surface area contributed by atoms with Crippen LogP contribution in [-0.2, 0) is 16.5 Å². The monoisotopic (exact) mass is 384 g/mol. The predicted octanol–water partition coefficient (Wildman–Crippen LogP) is -1.36. The van der Waals surface area contributed by atoms with Crippen LogP contribution in [0.15, 0.2) is 0 Å². The van der Waals surface area contributed by atoms with Gasteiger partial charge in [0.2, 0.25) is 0 Å². The van der Waals surface area contributed by atoms with Crippen molar-refractivity contribution in [3.63, 3.8) is 0 Å². The Hall–Kier alpha value is 0.934. The molecule has 0 saturated carbocycles. The van der Waals surface area contributed by atoms with E-state index >= 15 is 0 Å². The number of likely N-dealkylation sites (N-methyl/N-ethyl adjacent to an activating group) is 1. The van der Waals surface area contributed by atoms with E-state index in [2.05, 4.69) is 0 Å². The molecule has 0 aromatic rings. The first-order valence-electron chi connectivity index (χ1n) is 4.37. The molecule has 0 heterocycles. The van der Waals surface area contributed by atoms with Crippen molar-refractivity contribution in [2.75, 3.05) is 11.5 Å². The molecular formula is C8H16F3INNiO-. The van der Waals surface area contributed by atoms with Gasteiger partial charge in [-0.3, -0.25) is 0 Å². The first kappa shape index (κ1) is 18.3. The predicted molar refractivity (Wildman–Crippen MR) is 44.4 cm³/mol. The van der Waals surface area contributed by atoms with Crippen molar-refractivity contribution in [3.8, 4) is 0 Å². The Bertz CT molecular complexity index is 170. The molecule has 0 bridgehead atoms. The molecular weight excluding hydrogens is 369 g/mol. The van der Waals surface area contributed by atoms with Gasteiger partial charge in [-0.25, -0.2) is 0 Å². The number of rotatable bonds is 5. The van der Waals surface area contributed by atoms with Gasteiger partial charge in [0.25, 0.3) is 0 Å². The Morgan fingerprint density at radius 2 is 1.87 bits per heavy atom. The van der Waals surface area contributed by atoms with Crippen molar-refractivity contribution in [2.24, 2.45) is 0 Å². The minimum atomic E-state index is -4.51. The van der Waals surface area contributed by atoms with Gasteiger partial charge < -0.3 is 0 Å². The zero-order valence-corrected chi connectivity index (χ0v) is 11.9. The topological polar surface area (TPSA) is 23.5 Å². The summed E-state index contributed by atoms with van der Waals surface area (Å²) in [5.74, 6) is 0. The van der Waals surface area contributed by atoms with Crippen LogP contribution in [0.25, 0.3) is 0 Å². The third-order valence-electron chi connectivity index (χ3n) is 1.82. The molecule has 0 rings (SSSR count). The maximum Gasteiger partial charge on any atom is 0 e. The van der Waals surface area contributed by atoms with Crippen LogP contribution in [0.3, 0.4) is 0 Å². The van der Waals surface area contributed by atoms with Crippen molar-refractivity contribution in [3.05, 3.63) is 0 Å². The van der Waals surface area contributed by atoms with Crippen molar-refractivity contribution in [2.45, 2.75) is 38.6 Å². The molecule has 2 atom stereocenters. The van der Waals surface area contributed by atoms with E-state index in [9.17, 15) is 13.2 Å². The SMILES string of the molecule is CCC[I-]N(C)C(C)C(O)C(F)(F)F.[Ni]. The summed E-state index contributed by atoms with van der Waals surface area (Å²) >= 11 is -0.387. The van der Waals surface area contributed by atoms with Crippen molar-refractivity contribution < 1.29 is 56.2 Å². The first-order chi connectivity index (χ1) is 6.30. The van der Waals surface area contributed by atoms with E-state index in [1.165, 1.54) is 6.92 Å². The minimum Gasteiger partial charge on any atom is 0 e. The summed E-state index contributed by atoms with van der Waals surface area (Å²) in [5, 5.41) is 8.97.